The van der Waals surface area contributed by atoms with E-state index >= 15 is 0 Å². The zero-order chi connectivity index (χ0) is 18.2. The molecule has 3 heteroatoms. The maximum absolute atomic E-state index is 5.00. The Morgan fingerprint density at radius 2 is 1.44 bits per heavy atom. The van der Waals surface area contributed by atoms with Crippen LogP contribution in [0.15, 0.2) is 34.3 Å². The molecule has 0 saturated heterocycles. The maximum Gasteiger partial charge on any atom is 0.137 e. The maximum atomic E-state index is 5.00. The Kier molecular flexibility index (Phi) is 7.67. The van der Waals surface area contributed by atoms with Crippen molar-refractivity contribution in [1.29, 1.82) is 0 Å². The molecule has 0 unspecified atom stereocenters. The fourth-order valence-corrected chi connectivity index (χ4v) is 3.34. The van der Waals surface area contributed by atoms with E-state index in [0.717, 1.165) is 18.2 Å². The lowest BCUT2D eigenvalue weighted by Crippen LogP contribution is -2.37. The van der Waals surface area contributed by atoms with Crippen molar-refractivity contribution in [2.24, 2.45) is 9.98 Å². The Morgan fingerprint density at radius 1 is 0.840 bits per heavy atom. The molecule has 1 aromatic carbocycles. The van der Waals surface area contributed by atoms with E-state index in [9.17, 15) is 0 Å². The van der Waals surface area contributed by atoms with Crippen LogP contribution in [-0.2, 0) is 0 Å². The lowest BCUT2D eigenvalue weighted by Gasteiger charge is -2.25. The quantitative estimate of drug-likeness (QED) is 0.532. The van der Waals surface area contributed by atoms with Crippen molar-refractivity contribution in [3.8, 4) is 0 Å². The third kappa shape index (κ3) is 5.17. The third-order valence-corrected chi connectivity index (χ3v) is 4.54. The summed E-state index contributed by atoms with van der Waals surface area (Å²) in [6.45, 7) is 11.9. The molecule has 0 amide bonds. The van der Waals surface area contributed by atoms with E-state index < -0.39 is 0 Å². The molecule has 0 spiro atoms. The molecule has 0 atom stereocenters. The normalized spacial score (nSPS) is 17.3. The molecule has 25 heavy (non-hydrogen) atoms. The highest BCUT2D eigenvalue weighted by Crippen LogP contribution is 2.27. The standard InChI is InChI=1S/C22H35N3/c1-6-7-8-9-10-13-16-23-21-19-14-11-12-15-20(19)22(24-17(2)3)25(21)18(4)5/h11-12,14-15,17-18H,6-10,13,16H2,1-5H3. The van der Waals surface area contributed by atoms with Crippen molar-refractivity contribution in [1.82, 2.24) is 4.90 Å². The van der Waals surface area contributed by atoms with Gasteiger partial charge in [0.25, 0.3) is 0 Å². The molecule has 1 aliphatic rings. The lowest BCUT2D eigenvalue weighted by molar-refractivity contribution is 0.502. The van der Waals surface area contributed by atoms with Crippen LogP contribution >= 0.6 is 0 Å². The monoisotopic (exact) mass is 341 g/mol. The summed E-state index contributed by atoms with van der Waals surface area (Å²) < 4.78 is 0. The smallest absolute Gasteiger partial charge is 0.137 e. The van der Waals surface area contributed by atoms with Crippen LogP contribution < -0.4 is 0 Å². The Morgan fingerprint density at radius 3 is 2.04 bits per heavy atom. The minimum atomic E-state index is 0.280. The molecule has 0 N–H and O–H groups in total. The highest BCUT2D eigenvalue weighted by molar-refractivity contribution is 6.25. The molecule has 1 heterocycles. The van der Waals surface area contributed by atoms with Crippen LogP contribution in [0.5, 0.6) is 0 Å². The first-order chi connectivity index (χ1) is 12.1. The number of unbranched alkanes of at least 4 members (excludes halogenated alkanes) is 5. The molecule has 1 aromatic rings. The van der Waals surface area contributed by atoms with Gasteiger partial charge in [-0.05, 0) is 34.1 Å². The van der Waals surface area contributed by atoms with E-state index in [2.05, 4.69) is 63.8 Å². The summed E-state index contributed by atoms with van der Waals surface area (Å²) in [7, 11) is 0. The van der Waals surface area contributed by atoms with Gasteiger partial charge in [-0.3, -0.25) is 9.98 Å². The van der Waals surface area contributed by atoms with Gasteiger partial charge in [0.2, 0.25) is 0 Å². The highest BCUT2D eigenvalue weighted by Gasteiger charge is 2.33. The zero-order valence-electron chi connectivity index (χ0n) is 16.8. The van der Waals surface area contributed by atoms with E-state index in [1.54, 1.807) is 0 Å². The lowest BCUT2D eigenvalue weighted by atomic mass is 10.1. The van der Waals surface area contributed by atoms with Gasteiger partial charge in [0, 0.05) is 29.8 Å². The second-order valence-corrected chi connectivity index (χ2v) is 7.53. The average Bonchev–Trinajstić information content (AvgIpc) is 2.87. The first kappa shape index (κ1) is 19.7. The Hall–Kier alpha value is -1.64. The van der Waals surface area contributed by atoms with Crippen LogP contribution in [0.2, 0.25) is 0 Å². The predicted molar refractivity (Wildman–Crippen MR) is 110 cm³/mol. The van der Waals surface area contributed by atoms with Crippen molar-refractivity contribution in [3.63, 3.8) is 0 Å². The molecular weight excluding hydrogens is 306 g/mol. The van der Waals surface area contributed by atoms with Crippen LogP contribution in [0.1, 0.15) is 84.3 Å². The van der Waals surface area contributed by atoms with E-state index in [1.165, 1.54) is 49.7 Å². The Bertz CT molecular complexity index is 599. The first-order valence-corrected chi connectivity index (χ1v) is 10.1. The van der Waals surface area contributed by atoms with Crippen LogP contribution in [0.4, 0.5) is 0 Å². The number of hydrogen-bond donors (Lipinski definition) is 0. The van der Waals surface area contributed by atoms with Gasteiger partial charge in [-0.1, -0.05) is 63.3 Å². The van der Waals surface area contributed by atoms with Gasteiger partial charge in [-0.2, -0.15) is 0 Å². The van der Waals surface area contributed by atoms with Crippen molar-refractivity contribution in [3.05, 3.63) is 35.4 Å². The molecule has 0 saturated carbocycles. The average molecular weight is 342 g/mol. The van der Waals surface area contributed by atoms with E-state index in [1.807, 2.05) is 0 Å². The molecule has 0 bridgehead atoms. The molecule has 0 aromatic heterocycles. The molecule has 2 rings (SSSR count). The molecule has 0 aliphatic carbocycles. The summed E-state index contributed by atoms with van der Waals surface area (Å²) in [5, 5.41) is 0. The fourth-order valence-electron chi connectivity index (χ4n) is 3.34. The van der Waals surface area contributed by atoms with Gasteiger partial charge < -0.3 is 4.90 Å². The van der Waals surface area contributed by atoms with E-state index in [0.29, 0.717) is 6.04 Å². The van der Waals surface area contributed by atoms with Gasteiger partial charge in [0.15, 0.2) is 0 Å². The predicted octanol–water partition coefficient (Wildman–Crippen LogP) is 5.67. The number of hydrogen-bond acceptors (Lipinski definition) is 2. The zero-order valence-corrected chi connectivity index (χ0v) is 16.8. The number of amidine groups is 2. The Labute approximate surface area is 154 Å². The number of rotatable bonds is 9. The molecule has 0 radical (unpaired) electrons. The van der Waals surface area contributed by atoms with Crippen molar-refractivity contribution < 1.29 is 0 Å². The SMILES string of the molecule is CCCCCCCCN=C1c2ccccc2C(=NC(C)C)N1C(C)C. The van der Waals surface area contributed by atoms with Crippen molar-refractivity contribution in [2.75, 3.05) is 6.54 Å². The van der Waals surface area contributed by atoms with Gasteiger partial charge >= 0.3 is 0 Å². The number of nitrogens with zero attached hydrogens (tertiary/aromatic N) is 3. The summed E-state index contributed by atoms with van der Waals surface area (Å²) in [5.74, 6) is 2.20. The second-order valence-electron chi connectivity index (χ2n) is 7.53. The Balaban J connectivity index is 2.16. The fraction of sp³-hybridized carbons (Fsp3) is 0.636. The van der Waals surface area contributed by atoms with Crippen molar-refractivity contribution >= 4 is 11.7 Å². The summed E-state index contributed by atoms with van der Waals surface area (Å²) >= 11 is 0. The molecule has 3 nitrogen and oxygen atoms in total. The van der Waals surface area contributed by atoms with E-state index in [-0.39, 0.29) is 6.04 Å². The summed E-state index contributed by atoms with van der Waals surface area (Å²) in [5.41, 5.74) is 2.47. The van der Waals surface area contributed by atoms with Crippen LogP contribution in [-0.4, -0.2) is 35.2 Å². The molecular formula is C22H35N3. The van der Waals surface area contributed by atoms with Crippen molar-refractivity contribution in [2.45, 2.75) is 85.2 Å². The van der Waals surface area contributed by atoms with Crippen LogP contribution in [0.3, 0.4) is 0 Å². The molecule has 0 fully saturated rings. The van der Waals surface area contributed by atoms with Crippen LogP contribution in [0, 0.1) is 0 Å². The highest BCUT2D eigenvalue weighted by atomic mass is 15.3. The number of benzene rings is 1. The van der Waals surface area contributed by atoms with Crippen LogP contribution in [0.25, 0.3) is 0 Å². The second kappa shape index (κ2) is 9.74. The number of aliphatic imine (C=N–C) groups is 2. The number of fused-ring (bicyclic) bond motifs is 1. The van der Waals surface area contributed by atoms with Gasteiger partial charge in [0.1, 0.15) is 11.7 Å². The topological polar surface area (TPSA) is 28.0 Å². The van der Waals surface area contributed by atoms with Gasteiger partial charge in [0.05, 0.1) is 0 Å². The first-order valence-electron chi connectivity index (χ1n) is 10.1. The van der Waals surface area contributed by atoms with Gasteiger partial charge in [-0.25, -0.2) is 0 Å². The molecule has 1 aliphatic heterocycles. The summed E-state index contributed by atoms with van der Waals surface area (Å²) in [4.78, 5) is 12.2. The third-order valence-electron chi connectivity index (χ3n) is 4.54. The van der Waals surface area contributed by atoms with E-state index in [4.69, 9.17) is 9.98 Å². The van der Waals surface area contributed by atoms with Gasteiger partial charge in [-0.15, -0.1) is 0 Å². The largest absolute Gasteiger partial charge is 0.308 e. The minimum Gasteiger partial charge on any atom is -0.308 e. The summed E-state index contributed by atoms with van der Waals surface area (Å²) in [6.07, 6.45) is 7.83. The minimum absolute atomic E-state index is 0.280. The summed E-state index contributed by atoms with van der Waals surface area (Å²) in [6, 6.07) is 9.21. The molecule has 138 valence electrons.